The fourth-order valence-corrected chi connectivity index (χ4v) is 4.10. The molecule has 0 fully saturated rings. The average Bonchev–Trinajstić information content (AvgIpc) is 2.87. The monoisotopic (exact) mass is 513 g/mol. The fraction of sp³-hybridized carbons (Fsp3) is 0.167. The molecule has 1 N–H and O–H groups in total. The summed E-state index contributed by atoms with van der Waals surface area (Å²) in [5, 5.41) is 3.47. The minimum absolute atomic E-state index is 0.234. The lowest BCUT2D eigenvalue weighted by atomic mass is 9.95. The van der Waals surface area contributed by atoms with Crippen LogP contribution in [-0.4, -0.2) is 5.97 Å². The number of hydrogen-bond donors (Lipinski definition) is 1. The van der Waals surface area contributed by atoms with Crippen molar-refractivity contribution in [1.82, 2.24) is 0 Å². The van der Waals surface area contributed by atoms with Crippen molar-refractivity contribution in [2.45, 2.75) is 32.9 Å². The quantitative estimate of drug-likeness (QED) is 0.241. The predicted octanol–water partition coefficient (Wildman–Crippen LogP) is 8.21. The van der Waals surface area contributed by atoms with Crippen molar-refractivity contribution in [3.8, 4) is 11.1 Å². The Morgan fingerprint density at radius 2 is 1.56 bits per heavy atom. The van der Waals surface area contributed by atoms with Crippen molar-refractivity contribution in [3.05, 3.63) is 124 Å². The van der Waals surface area contributed by atoms with E-state index in [-0.39, 0.29) is 12.6 Å². The molecule has 0 amide bonds. The van der Waals surface area contributed by atoms with Crippen molar-refractivity contribution in [2.75, 3.05) is 5.32 Å². The molecule has 0 saturated heterocycles. The molecule has 4 heteroatoms. The second kappa shape index (κ2) is 11.2. The molecular formula is C30H28BrNO2. The maximum atomic E-state index is 13.4. The minimum Gasteiger partial charge on any atom is -0.457 e. The van der Waals surface area contributed by atoms with E-state index < -0.39 is 0 Å². The number of esters is 1. The number of rotatable bonds is 8. The Morgan fingerprint density at radius 3 is 2.24 bits per heavy atom. The zero-order chi connectivity index (χ0) is 23.9. The summed E-state index contributed by atoms with van der Waals surface area (Å²) in [5.74, 6) is 0.164. The maximum Gasteiger partial charge on any atom is 0.339 e. The van der Waals surface area contributed by atoms with Crippen LogP contribution in [-0.2, 0) is 17.9 Å². The van der Waals surface area contributed by atoms with Crippen LogP contribution in [0.1, 0.15) is 46.8 Å². The summed E-state index contributed by atoms with van der Waals surface area (Å²) in [5.41, 5.74) is 6.59. The normalized spacial score (nSPS) is 10.8. The van der Waals surface area contributed by atoms with E-state index in [4.69, 9.17) is 4.74 Å². The summed E-state index contributed by atoms with van der Waals surface area (Å²) in [7, 11) is 0. The standard InChI is InChI=1S/C30H28BrNO2/c1-21(2)23-13-17-27(18-14-23)32-19-25-9-6-10-28(24-11-15-26(31)16-12-24)29(25)30(33)34-20-22-7-4-3-5-8-22/h3-18,21,32H,19-20H2,1-2H3. The van der Waals surface area contributed by atoms with Gasteiger partial charge in [0.2, 0.25) is 0 Å². The molecule has 0 heterocycles. The van der Waals surface area contributed by atoms with Gasteiger partial charge in [-0.15, -0.1) is 0 Å². The number of anilines is 1. The van der Waals surface area contributed by atoms with Crippen molar-refractivity contribution >= 4 is 27.6 Å². The van der Waals surface area contributed by atoms with Gasteiger partial charge in [-0.3, -0.25) is 0 Å². The number of halogens is 1. The molecule has 0 atom stereocenters. The molecule has 4 rings (SSSR count). The number of ether oxygens (including phenoxy) is 1. The van der Waals surface area contributed by atoms with Crippen LogP contribution >= 0.6 is 15.9 Å². The molecule has 0 saturated carbocycles. The molecule has 0 radical (unpaired) electrons. The molecule has 0 aromatic heterocycles. The Hall–Kier alpha value is -3.37. The van der Waals surface area contributed by atoms with Gasteiger partial charge in [-0.05, 0) is 58.0 Å². The smallest absolute Gasteiger partial charge is 0.339 e. The second-order valence-corrected chi connectivity index (χ2v) is 9.45. The van der Waals surface area contributed by atoms with Crippen molar-refractivity contribution < 1.29 is 9.53 Å². The highest BCUT2D eigenvalue weighted by Gasteiger charge is 2.19. The summed E-state index contributed by atoms with van der Waals surface area (Å²) >= 11 is 3.49. The molecule has 0 aliphatic heterocycles. The first-order valence-electron chi connectivity index (χ1n) is 11.4. The largest absolute Gasteiger partial charge is 0.457 e. The van der Waals surface area contributed by atoms with Crippen LogP contribution in [0.3, 0.4) is 0 Å². The number of benzene rings is 4. The zero-order valence-corrected chi connectivity index (χ0v) is 21.0. The minimum atomic E-state index is -0.325. The van der Waals surface area contributed by atoms with Gasteiger partial charge < -0.3 is 10.1 Å². The molecule has 0 aliphatic rings. The van der Waals surface area contributed by atoms with Gasteiger partial charge in [-0.2, -0.15) is 0 Å². The lowest BCUT2D eigenvalue weighted by Gasteiger charge is -2.16. The number of carbonyl (C=O) groups is 1. The van der Waals surface area contributed by atoms with Gasteiger partial charge in [0.05, 0.1) is 5.56 Å². The van der Waals surface area contributed by atoms with E-state index in [0.29, 0.717) is 18.0 Å². The van der Waals surface area contributed by atoms with E-state index in [1.807, 2.05) is 72.8 Å². The third-order valence-corrected chi connectivity index (χ3v) is 6.31. The van der Waals surface area contributed by atoms with E-state index >= 15 is 0 Å². The Bertz CT molecular complexity index is 1230. The Morgan fingerprint density at radius 1 is 0.853 bits per heavy atom. The van der Waals surface area contributed by atoms with Crippen molar-refractivity contribution in [3.63, 3.8) is 0 Å². The molecule has 3 nitrogen and oxygen atoms in total. The van der Waals surface area contributed by atoms with E-state index in [1.165, 1.54) is 5.56 Å². The first-order valence-corrected chi connectivity index (χ1v) is 12.2. The topological polar surface area (TPSA) is 38.3 Å². The maximum absolute atomic E-state index is 13.4. The third-order valence-electron chi connectivity index (χ3n) is 5.78. The van der Waals surface area contributed by atoms with Crippen molar-refractivity contribution in [1.29, 1.82) is 0 Å². The van der Waals surface area contributed by atoms with Gasteiger partial charge in [0.15, 0.2) is 0 Å². The Kier molecular flexibility index (Phi) is 7.81. The summed E-state index contributed by atoms with van der Waals surface area (Å²) in [6.45, 7) is 5.12. The van der Waals surface area contributed by atoms with Gasteiger partial charge in [0, 0.05) is 16.7 Å². The van der Waals surface area contributed by atoms with Crippen LogP contribution in [0, 0.1) is 0 Å². The van der Waals surface area contributed by atoms with Crippen LogP contribution in [0.4, 0.5) is 5.69 Å². The summed E-state index contributed by atoms with van der Waals surface area (Å²) in [6, 6.07) is 32.1. The highest BCUT2D eigenvalue weighted by Crippen LogP contribution is 2.29. The van der Waals surface area contributed by atoms with E-state index in [2.05, 4.69) is 59.4 Å². The van der Waals surface area contributed by atoms with E-state index in [1.54, 1.807) is 0 Å². The molecule has 0 bridgehead atoms. The fourth-order valence-electron chi connectivity index (χ4n) is 3.84. The number of carbonyl (C=O) groups excluding carboxylic acids is 1. The first kappa shape index (κ1) is 23.8. The van der Waals surface area contributed by atoms with Gasteiger partial charge >= 0.3 is 5.97 Å². The van der Waals surface area contributed by atoms with Gasteiger partial charge in [-0.25, -0.2) is 4.79 Å². The summed E-state index contributed by atoms with van der Waals surface area (Å²) in [6.07, 6.45) is 0. The van der Waals surface area contributed by atoms with Crippen LogP contribution in [0.2, 0.25) is 0 Å². The molecule has 4 aromatic carbocycles. The van der Waals surface area contributed by atoms with Gasteiger partial charge in [0.25, 0.3) is 0 Å². The zero-order valence-electron chi connectivity index (χ0n) is 19.4. The third kappa shape index (κ3) is 5.95. The molecule has 34 heavy (non-hydrogen) atoms. The molecular weight excluding hydrogens is 486 g/mol. The molecule has 172 valence electrons. The Balaban J connectivity index is 1.62. The van der Waals surface area contributed by atoms with E-state index in [9.17, 15) is 4.79 Å². The number of nitrogens with one attached hydrogen (secondary N) is 1. The molecule has 4 aromatic rings. The lowest BCUT2D eigenvalue weighted by Crippen LogP contribution is -2.13. The van der Waals surface area contributed by atoms with Crippen LogP contribution in [0.25, 0.3) is 11.1 Å². The Labute approximate surface area is 209 Å². The average molecular weight is 514 g/mol. The van der Waals surface area contributed by atoms with Gasteiger partial charge in [-0.1, -0.05) is 103 Å². The van der Waals surface area contributed by atoms with Crippen LogP contribution in [0.5, 0.6) is 0 Å². The molecule has 0 spiro atoms. The molecule has 0 aliphatic carbocycles. The predicted molar refractivity (Wildman–Crippen MR) is 143 cm³/mol. The summed E-state index contributed by atoms with van der Waals surface area (Å²) in [4.78, 5) is 13.4. The number of hydrogen-bond acceptors (Lipinski definition) is 3. The summed E-state index contributed by atoms with van der Waals surface area (Å²) < 4.78 is 6.75. The van der Waals surface area contributed by atoms with E-state index in [0.717, 1.165) is 32.4 Å². The lowest BCUT2D eigenvalue weighted by molar-refractivity contribution is 0.0472. The highest BCUT2D eigenvalue weighted by atomic mass is 79.9. The SMILES string of the molecule is CC(C)c1ccc(NCc2cccc(-c3ccc(Br)cc3)c2C(=O)OCc2ccccc2)cc1. The molecule has 0 unspecified atom stereocenters. The van der Waals surface area contributed by atoms with Crippen LogP contribution < -0.4 is 5.32 Å². The first-order chi connectivity index (χ1) is 16.5. The van der Waals surface area contributed by atoms with Gasteiger partial charge in [0.1, 0.15) is 6.61 Å². The second-order valence-electron chi connectivity index (χ2n) is 8.54. The highest BCUT2D eigenvalue weighted by molar-refractivity contribution is 9.10. The van der Waals surface area contributed by atoms with Crippen molar-refractivity contribution in [2.24, 2.45) is 0 Å². The van der Waals surface area contributed by atoms with Crippen LogP contribution in [0.15, 0.2) is 102 Å².